The maximum absolute atomic E-state index is 11.0. The van der Waals surface area contributed by atoms with Crippen LogP contribution in [0.5, 0.6) is 0 Å². The molecule has 2 amide bonds. The Kier molecular flexibility index (Phi) is 5.54. The first-order chi connectivity index (χ1) is 6.11. The molecular weight excluding hydrogens is 172 g/mol. The van der Waals surface area contributed by atoms with E-state index in [1.807, 2.05) is 0 Å². The molecule has 74 valence electrons. The number of hydrogen-bond acceptors (Lipinski definition) is 3. The van der Waals surface area contributed by atoms with Gasteiger partial charge < -0.3 is 15.8 Å². The van der Waals surface area contributed by atoms with Crippen molar-refractivity contribution in [1.82, 2.24) is 5.32 Å². The fraction of sp³-hybridized carbons (Fsp3) is 0.500. The first-order valence-corrected chi connectivity index (χ1v) is 3.80. The number of nitrogens with two attached hydrogens (primary N) is 1. The average molecular weight is 186 g/mol. The summed E-state index contributed by atoms with van der Waals surface area (Å²) in [6.45, 7) is 3.36. The second kappa shape index (κ2) is 6.19. The molecule has 13 heavy (non-hydrogen) atoms. The minimum Gasteiger partial charge on any atom is -0.375 e. The van der Waals surface area contributed by atoms with Gasteiger partial charge in [-0.2, -0.15) is 0 Å². The monoisotopic (exact) mass is 186 g/mol. The normalized spacial score (nSPS) is 11.8. The van der Waals surface area contributed by atoms with Gasteiger partial charge >= 0.3 is 0 Å². The highest BCUT2D eigenvalue weighted by Gasteiger charge is 2.15. The number of primary amides is 1. The van der Waals surface area contributed by atoms with Crippen molar-refractivity contribution in [2.45, 2.75) is 12.5 Å². The van der Waals surface area contributed by atoms with Crippen molar-refractivity contribution in [3.8, 4) is 0 Å². The van der Waals surface area contributed by atoms with E-state index in [1.165, 1.54) is 13.2 Å². The summed E-state index contributed by atoms with van der Waals surface area (Å²) < 4.78 is 4.57. The maximum atomic E-state index is 11.0. The summed E-state index contributed by atoms with van der Waals surface area (Å²) in [5, 5.41) is 2.41. The topological polar surface area (TPSA) is 81.4 Å². The average Bonchev–Trinajstić information content (AvgIpc) is 2.04. The smallest absolute Gasteiger partial charge is 0.246 e. The first kappa shape index (κ1) is 11.6. The van der Waals surface area contributed by atoms with Crippen LogP contribution in [0.25, 0.3) is 0 Å². The number of nitrogens with one attached hydrogen (secondary N) is 1. The van der Waals surface area contributed by atoms with E-state index in [1.54, 1.807) is 0 Å². The number of amides is 2. The van der Waals surface area contributed by atoms with Crippen LogP contribution in [0.2, 0.25) is 0 Å². The van der Waals surface area contributed by atoms with Gasteiger partial charge in [0.15, 0.2) is 0 Å². The van der Waals surface area contributed by atoms with Crippen LogP contribution >= 0.6 is 0 Å². The quantitative estimate of drug-likeness (QED) is 0.532. The van der Waals surface area contributed by atoms with E-state index in [0.29, 0.717) is 6.42 Å². The molecule has 0 aliphatic heterocycles. The van der Waals surface area contributed by atoms with Gasteiger partial charge in [-0.15, -0.1) is 6.58 Å². The third kappa shape index (κ3) is 4.97. The van der Waals surface area contributed by atoms with Gasteiger partial charge in [0.2, 0.25) is 11.8 Å². The van der Waals surface area contributed by atoms with E-state index in [0.717, 1.165) is 0 Å². The van der Waals surface area contributed by atoms with Crippen molar-refractivity contribution in [1.29, 1.82) is 0 Å². The molecule has 0 bridgehead atoms. The molecule has 0 saturated heterocycles. The fourth-order valence-electron chi connectivity index (χ4n) is 0.780. The summed E-state index contributed by atoms with van der Waals surface area (Å²) in [5.41, 5.74) is 5.02. The summed E-state index contributed by atoms with van der Waals surface area (Å²) in [6.07, 6.45) is 1.84. The van der Waals surface area contributed by atoms with E-state index in [2.05, 4.69) is 16.6 Å². The highest BCUT2D eigenvalue weighted by Crippen LogP contribution is 1.91. The van der Waals surface area contributed by atoms with Crippen LogP contribution in [-0.2, 0) is 14.3 Å². The van der Waals surface area contributed by atoms with Crippen LogP contribution in [0.1, 0.15) is 6.42 Å². The number of carbonyl (C=O) groups excluding carboxylic acids is 2. The van der Waals surface area contributed by atoms with Crippen molar-refractivity contribution in [3.05, 3.63) is 12.7 Å². The lowest BCUT2D eigenvalue weighted by molar-refractivity contribution is -0.129. The molecule has 0 radical (unpaired) electrons. The third-order valence-corrected chi connectivity index (χ3v) is 1.36. The van der Waals surface area contributed by atoms with Crippen LogP contribution in [-0.4, -0.2) is 31.6 Å². The molecule has 0 spiro atoms. The summed E-state index contributed by atoms with van der Waals surface area (Å²) in [6, 6.07) is -0.694. The van der Waals surface area contributed by atoms with Crippen molar-refractivity contribution in [3.63, 3.8) is 0 Å². The molecule has 0 aromatic carbocycles. The van der Waals surface area contributed by atoms with Crippen molar-refractivity contribution >= 4 is 11.8 Å². The van der Waals surface area contributed by atoms with Crippen molar-refractivity contribution in [2.75, 3.05) is 13.7 Å². The Morgan fingerprint density at radius 3 is 2.69 bits per heavy atom. The van der Waals surface area contributed by atoms with Gasteiger partial charge in [-0.3, -0.25) is 9.59 Å². The lowest BCUT2D eigenvalue weighted by Crippen LogP contribution is -2.45. The second-order valence-corrected chi connectivity index (χ2v) is 2.48. The highest BCUT2D eigenvalue weighted by molar-refractivity contribution is 5.87. The van der Waals surface area contributed by atoms with Gasteiger partial charge in [0.1, 0.15) is 12.6 Å². The van der Waals surface area contributed by atoms with Crippen LogP contribution in [0.15, 0.2) is 12.7 Å². The number of methoxy groups -OCH3 is 1. The molecule has 0 unspecified atom stereocenters. The molecule has 0 saturated carbocycles. The Hall–Kier alpha value is -1.36. The SMILES string of the molecule is C=CC[C@@H](NC(=O)COC)C(N)=O. The number of ether oxygens (including phenoxy) is 1. The van der Waals surface area contributed by atoms with Crippen LogP contribution in [0.4, 0.5) is 0 Å². The van der Waals surface area contributed by atoms with E-state index in [9.17, 15) is 9.59 Å². The summed E-state index contributed by atoms with van der Waals surface area (Å²) >= 11 is 0. The van der Waals surface area contributed by atoms with Crippen LogP contribution in [0, 0.1) is 0 Å². The minimum absolute atomic E-state index is 0.0824. The lowest BCUT2D eigenvalue weighted by Gasteiger charge is -2.12. The number of rotatable bonds is 6. The number of carbonyl (C=O) groups is 2. The zero-order valence-electron chi connectivity index (χ0n) is 7.58. The van der Waals surface area contributed by atoms with E-state index < -0.39 is 11.9 Å². The zero-order chi connectivity index (χ0) is 10.3. The summed E-state index contributed by atoms with van der Waals surface area (Å²) in [7, 11) is 1.40. The Morgan fingerprint density at radius 1 is 1.69 bits per heavy atom. The highest BCUT2D eigenvalue weighted by atomic mass is 16.5. The Bertz CT molecular complexity index is 204. The molecule has 0 aromatic rings. The molecule has 5 nitrogen and oxygen atoms in total. The predicted molar refractivity (Wildman–Crippen MR) is 47.8 cm³/mol. The summed E-state index contributed by atoms with van der Waals surface area (Å²) in [4.78, 5) is 21.7. The molecular formula is C8H14N2O3. The molecule has 1 atom stereocenters. The second-order valence-electron chi connectivity index (χ2n) is 2.48. The molecule has 0 fully saturated rings. The maximum Gasteiger partial charge on any atom is 0.246 e. The number of hydrogen-bond donors (Lipinski definition) is 2. The van der Waals surface area contributed by atoms with Crippen LogP contribution < -0.4 is 11.1 Å². The van der Waals surface area contributed by atoms with E-state index >= 15 is 0 Å². The molecule has 0 heterocycles. The van der Waals surface area contributed by atoms with Gasteiger partial charge in [0.05, 0.1) is 0 Å². The largest absolute Gasteiger partial charge is 0.375 e. The third-order valence-electron chi connectivity index (χ3n) is 1.36. The van der Waals surface area contributed by atoms with Gasteiger partial charge in [0.25, 0.3) is 0 Å². The van der Waals surface area contributed by atoms with Gasteiger partial charge in [-0.05, 0) is 6.42 Å². The minimum atomic E-state index is -0.694. The van der Waals surface area contributed by atoms with Crippen molar-refractivity contribution < 1.29 is 14.3 Å². The first-order valence-electron chi connectivity index (χ1n) is 3.80. The molecule has 3 N–H and O–H groups in total. The van der Waals surface area contributed by atoms with Crippen molar-refractivity contribution in [2.24, 2.45) is 5.73 Å². The summed E-state index contributed by atoms with van der Waals surface area (Å²) in [5.74, 6) is -0.947. The Balaban J connectivity index is 4.01. The van der Waals surface area contributed by atoms with Gasteiger partial charge in [-0.1, -0.05) is 6.08 Å². The predicted octanol–water partition coefficient (Wildman–Crippen LogP) is -0.821. The standard InChI is InChI=1S/C8H14N2O3/c1-3-4-6(8(9)12)10-7(11)5-13-2/h3,6H,1,4-5H2,2H3,(H2,9,12)(H,10,11)/t6-/m1/s1. The van der Waals surface area contributed by atoms with Crippen LogP contribution in [0.3, 0.4) is 0 Å². The molecule has 0 aliphatic rings. The molecule has 0 rings (SSSR count). The van der Waals surface area contributed by atoms with E-state index in [4.69, 9.17) is 5.73 Å². The molecule has 0 aromatic heterocycles. The molecule has 5 heteroatoms. The zero-order valence-corrected chi connectivity index (χ0v) is 7.58. The van der Waals surface area contributed by atoms with Gasteiger partial charge in [-0.25, -0.2) is 0 Å². The fourth-order valence-corrected chi connectivity index (χ4v) is 0.780. The van der Waals surface area contributed by atoms with E-state index in [-0.39, 0.29) is 12.5 Å². The lowest BCUT2D eigenvalue weighted by atomic mass is 10.2. The Labute approximate surface area is 76.9 Å². The molecule has 0 aliphatic carbocycles. The Morgan fingerprint density at radius 2 is 2.31 bits per heavy atom. The van der Waals surface area contributed by atoms with Gasteiger partial charge in [0, 0.05) is 7.11 Å².